The van der Waals surface area contributed by atoms with E-state index in [0.717, 1.165) is 25.0 Å². The van der Waals surface area contributed by atoms with Crippen molar-refractivity contribution in [2.24, 2.45) is 5.41 Å². The lowest BCUT2D eigenvalue weighted by molar-refractivity contribution is -0.110. The van der Waals surface area contributed by atoms with Crippen LogP contribution < -0.4 is 5.32 Å². The number of allylic oxidation sites excluding steroid dienone is 2. The van der Waals surface area contributed by atoms with Crippen molar-refractivity contribution >= 4 is 18.7 Å². The molecule has 10 heteroatoms. The van der Waals surface area contributed by atoms with Gasteiger partial charge >= 0.3 is 6.09 Å². The minimum absolute atomic E-state index is 0. The van der Waals surface area contributed by atoms with Crippen LogP contribution in [0.1, 0.15) is 39.3 Å². The van der Waals surface area contributed by atoms with Gasteiger partial charge in [-0.05, 0) is 24.7 Å². The molecule has 154 valence electrons. The molecule has 0 unspecified atom stereocenters. The van der Waals surface area contributed by atoms with Crippen molar-refractivity contribution in [3.63, 3.8) is 0 Å². The Bertz CT molecular complexity index is 562. The second-order valence-corrected chi connectivity index (χ2v) is 6.56. The van der Waals surface area contributed by atoms with Gasteiger partial charge < -0.3 is 30.7 Å². The van der Waals surface area contributed by atoms with Crippen molar-refractivity contribution in [3.05, 3.63) is 29.7 Å². The quantitative estimate of drug-likeness (QED) is 0.226. The fraction of sp³-hybridized carbons (Fsp3) is 0.529. The maximum atomic E-state index is 11.3. The number of carbonyl (C=O) groups is 3. The number of alkyl carbamates (subject to hydrolysis) is 1. The SMILES string of the molecule is CC(C)(C)CCNC(=O)OCCCc1cnc[nH]1.O.O=C/C(O)=C(\O)C=O. The average molecular weight is 387 g/mol. The maximum absolute atomic E-state index is 11.3. The summed E-state index contributed by atoms with van der Waals surface area (Å²) in [7, 11) is 0. The van der Waals surface area contributed by atoms with Crippen LogP contribution in [0.15, 0.2) is 24.0 Å². The van der Waals surface area contributed by atoms with Crippen LogP contribution in [0, 0.1) is 5.41 Å². The van der Waals surface area contributed by atoms with Gasteiger partial charge in [-0.3, -0.25) is 9.59 Å². The number of H-pyrrole nitrogens is 1. The topological polar surface area (TPSA) is 173 Å². The number of imidazole rings is 1. The first kappa shape index (κ1) is 26.4. The van der Waals surface area contributed by atoms with Crippen LogP contribution in [0.25, 0.3) is 0 Å². The summed E-state index contributed by atoms with van der Waals surface area (Å²) >= 11 is 0. The molecule has 0 bridgehead atoms. The molecule has 1 aromatic heterocycles. The Morgan fingerprint density at radius 1 is 1.26 bits per heavy atom. The van der Waals surface area contributed by atoms with Crippen LogP contribution in [-0.4, -0.2) is 57.5 Å². The van der Waals surface area contributed by atoms with Crippen LogP contribution >= 0.6 is 0 Å². The summed E-state index contributed by atoms with van der Waals surface area (Å²) in [5, 5.41) is 19.1. The van der Waals surface area contributed by atoms with Crippen molar-refractivity contribution in [2.45, 2.75) is 40.0 Å². The fourth-order valence-electron chi connectivity index (χ4n) is 1.56. The molecule has 0 atom stereocenters. The highest BCUT2D eigenvalue weighted by Gasteiger charge is 2.10. The van der Waals surface area contributed by atoms with Crippen LogP contribution in [0.5, 0.6) is 0 Å². The van der Waals surface area contributed by atoms with Gasteiger partial charge in [-0.15, -0.1) is 0 Å². The highest BCUT2D eigenvalue weighted by atomic mass is 16.5. The van der Waals surface area contributed by atoms with Crippen molar-refractivity contribution in [3.8, 4) is 0 Å². The van der Waals surface area contributed by atoms with Gasteiger partial charge in [0, 0.05) is 18.4 Å². The monoisotopic (exact) mass is 387 g/mol. The summed E-state index contributed by atoms with van der Waals surface area (Å²) in [6.45, 7) is 7.52. The van der Waals surface area contributed by atoms with Crippen molar-refractivity contribution in [2.75, 3.05) is 13.2 Å². The van der Waals surface area contributed by atoms with Gasteiger partial charge in [-0.1, -0.05) is 20.8 Å². The van der Waals surface area contributed by atoms with Gasteiger partial charge in [0.15, 0.2) is 12.6 Å². The number of hydrogen-bond acceptors (Lipinski definition) is 7. The van der Waals surface area contributed by atoms with E-state index in [1.165, 1.54) is 0 Å². The summed E-state index contributed by atoms with van der Waals surface area (Å²) in [4.78, 5) is 37.2. The van der Waals surface area contributed by atoms with Gasteiger partial charge in [0.2, 0.25) is 11.5 Å². The lowest BCUT2D eigenvalue weighted by Gasteiger charge is -2.17. The Kier molecular flexibility index (Phi) is 14.0. The number of rotatable bonds is 8. The Morgan fingerprint density at radius 2 is 1.85 bits per heavy atom. The Balaban J connectivity index is 0. The van der Waals surface area contributed by atoms with E-state index < -0.39 is 11.5 Å². The van der Waals surface area contributed by atoms with Gasteiger partial charge in [0.25, 0.3) is 0 Å². The van der Waals surface area contributed by atoms with E-state index in [0.29, 0.717) is 13.2 Å². The first-order chi connectivity index (χ1) is 12.2. The third-order valence-electron chi connectivity index (χ3n) is 3.01. The summed E-state index contributed by atoms with van der Waals surface area (Å²) in [5.74, 6) is -1.89. The Morgan fingerprint density at radius 3 is 2.30 bits per heavy atom. The zero-order valence-corrected chi connectivity index (χ0v) is 15.8. The van der Waals surface area contributed by atoms with Crippen molar-refractivity contribution < 1.29 is 34.8 Å². The molecule has 0 aliphatic rings. The van der Waals surface area contributed by atoms with Crippen LogP contribution in [0.2, 0.25) is 0 Å². The molecule has 0 radical (unpaired) electrons. The third-order valence-corrected chi connectivity index (χ3v) is 3.01. The van der Waals surface area contributed by atoms with Crippen LogP contribution in [0.3, 0.4) is 0 Å². The maximum Gasteiger partial charge on any atom is 0.407 e. The van der Waals surface area contributed by atoms with E-state index in [2.05, 4.69) is 36.1 Å². The lowest BCUT2D eigenvalue weighted by atomic mass is 9.92. The molecular formula is C17H29N3O7. The number of ether oxygens (including phenoxy) is 1. The molecule has 6 N–H and O–H groups in total. The third kappa shape index (κ3) is 15.1. The summed E-state index contributed by atoms with van der Waals surface area (Å²) in [5.41, 5.74) is 1.29. The van der Waals surface area contributed by atoms with E-state index >= 15 is 0 Å². The number of hydrogen-bond donors (Lipinski definition) is 4. The molecule has 27 heavy (non-hydrogen) atoms. The first-order valence-electron chi connectivity index (χ1n) is 8.10. The fourth-order valence-corrected chi connectivity index (χ4v) is 1.56. The molecule has 0 aliphatic heterocycles. The lowest BCUT2D eigenvalue weighted by Crippen LogP contribution is -2.28. The molecule has 0 fully saturated rings. The summed E-state index contributed by atoms with van der Waals surface area (Å²) < 4.78 is 5.07. The van der Waals surface area contributed by atoms with Crippen molar-refractivity contribution in [1.82, 2.24) is 15.3 Å². The summed E-state index contributed by atoms with van der Waals surface area (Å²) in [6.07, 6.45) is 5.64. The minimum atomic E-state index is -0.944. The number of aldehydes is 2. The van der Waals surface area contributed by atoms with E-state index in [-0.39, 0.29) is 29.6 Å². The van der Waals surface area contributed by atoms with Gasteiger partial charge in [0.05, 0.1) is 12.9 Å². The number of nitrogens with one attached hydrogen (secondary N) is 2. The highest BCUT2D eigenvalue weighted by Crippen LogP contribution is 2.16. The molecule has 1 rings (SSSR count). The molecule has 0 saturated carbocycles. The largest absolute Gasteiger partial charge is 0.502 e. The molecular weight excluding hydrogens is 358 g/mol. The second kappa shape index (κ2) is 14.3. The number of amides is 1. The Labute approximate surface area is 158 Å². The number of nitrogens with zero attached hydrogens (tertiary/aromatic N) is 1. The van der Waals surface area contributed by atoms with E-state index in [1.54, 1.807) is 12.5 Å². The van der Waals surface area contributed by atoms with Gasteiger partial charge in [-0.2, -0.15) is 0 Å². The molecule has 0 aromatic carbocycles. The zero-order chi connectivity index (χ0) is 20.0. The van der Waals surface area contributed by atoms with Crippen LogP contribution in [0.4, 0.5) is 4.79 Å². The molecule has 0 saturated heterocycles. The first-order valence-corrected chi connectivity index (χ1v) is 8.10. The predicted molar refractivity (Wildman–Crippen MR) is 98.4 cm³/mol. The molecule has 1 amide bonds. The van der Waals surface area contributed by atoms with E-state index in [9.17, 15) is 14.4 Å². The Hall–Kier alpha value is -2.88. The number of aliphatic hydroxyl groups excluding tert-OH is 2. The number of carbonyl (C=O) groups excluding carboxylic acids is 3. The molecule has 0 aliphatic carbocycles. The van der Waals surface area contributed by atoms with Gasteiger partial charge in [0.1, 0.15) is 0 Å². The normalized spacial score (nSPS) is 11.1. The predicted octanol–water partition coefficient (Wildman–Crippen LogP) is 1.39. The van der Waals surface area contributed by atoms with Gasteiger partial charge in [-0.25, -0.2) is 9.78 Å². The zero-order valence-electron chi connectivity index (χ0n) is 15.8. The molecule has 10 nitrogen and oxygen atoms in total. The average Bonchev–Trinajstić information content (AvgIpc) is 3.10. The second-order valence-electron chi connectivity index (χ2n) is 6.56. The highest BCUT2D eigenvalue weighted by molar-refractivity contribution is 5.81. The number of aryl methyl sites for hydroxylation is 1. The number of aromatic nitrogens is 2. The molecule has 1 aromatic rings. The summed E-state index contributed by atoms with van der Waals surface area (Å²) in [6, 6.07) is 0. The smallest absolute Gasteiger partial charge is 0.407 e. The molecule has 1 heterocycles. The van der Waals surface area contributed by atoms with Crippen LogP contribution in [-0.2, 0) is 20.7 Å². The number of aromatic amines is 1. The number of aliphatic hydroxyl groups is 2. The van der Waals surface area contributed by atoms with E-state index in [4.69, 9.17) is 14.9 Å². The van der Waals surface area contributed by atoms with Crippen molar-refractivity contribution in [1.29, 1.82) is 0 Å². The minimum Gasteiger partial charge on any atom is -0.502 e. The van der Waals surface area contributed by atoms with E-state index in [1.807, 2.05) is 0 Å². The molecule has 0 spiro atoms. The standard InChI is InChI=1S/C13H23N3O2.C4H4O4.H2O/c1-13(2,3)6-7-15-12(17)18-8-4-5-11-9-14-10-16-11;5-1-3(7)4(8)2-6;/h9-10H,4-8H2,1-3H3,(H,14,16)(H,15,17);1-2,7-8H;1H2/b;4-3+;.